The van der Waals surface area contributed by atoms with Gasteiger partial charge >= 0.3 is 0 Å². The molecule has 5 aromatic carbocycles. The van der Waals surface area contributed by atoms with E-state index in [1.54, 1.807) is 16.7 Å². The van der Waals surface area contributed by atoms with Gasteiger partial charge in [-0.05, 0) is 82.3 Å². The fourth-order valence-electron chi connectivity index (χ4n) is 6.39. The highest BCUT2D eigenvalue weighted by Gasteiger charge is 2.32. The van der Waals surface area contributed by atoms with Gasteiger partial charge in [-0.3, -0.25) is 9.36 Å². The van der Waals surface area contributed by atoms with E-state index in [1.165, 1.54) is 29.0 Å². The molecule has 0 radical (unpaired) electrons. The van der Waals surface area contributed by atoms with E-state index in [9.17, 15) is 9.18 Å². The van der Waals surface area contributed by atoms with Crippen molar-refractivity contribution in [1.82, 2.24) is 4.57 Å². The first-order chi connectivity index (χ1) is 22.0. The van der Waals surface area contributed by atoms with Crippen LogP contribution in [0.3, 0.4) is 0 Å². The summed E-state index contributed by atoms with van der Waals surface area (Å²) in [5, 5.41) is 2.06. The summed E-state index contributed by atoms with van der Waals surface area (Å²) >= 11 is 4.88. The number of thiazole rings is 1. The molecule has 2 aliphatic rings. The third kappa shape index (κ3) is 5.06. The molecule has 1 aromatic heterocycles. The zero-order chi connectivity index (χ0) is 30.5. The lowest BCUT2D eigenvalue weighted by Crippen LogP contribution is -2.38. The number of ether oxygens (including phenoxy) is 1. The first-order valence-electron chi connectivity index (χ1n) is 14.8. The Morgan fingerprint density at radius 1 is 0.911 bits per heavy atom. The normalized spacial score (nSPS) is 15.8. The zero-order valence-corrected chi connectivity index (χ0v) is 26.4. The third-order valence-electron chi connectivity index (χ3n) is 8.57. The standard InChI is InChI=1S/C38H26BrFN2O2S/c39-27-15-9-23(10-16-27)22-44-33-20-14-24-5-1-3-7-29(24)32(33)21-34-37(43)42-36(26-11-17-28(40)18-12-26)31-19-13-25-6-2-4-8-30(25)35(31)41-38(42)45-34/h1-12,14-18,20-21,36H,13,19,22H2/b34-21+/t36-/m1/s1. The molecule has 0 saturated heterocycles. The van der Waals surface area contributed by atoms with Crippen LogP contribution < -0.4 is 19.6 Å². The number of aryl methyl sites for hydroxylation is 1. The van der Waals surface area contributed by atoms with Crippen molar-refractivity contribution >= 4 is 49.8 Å². The number of halogens is 2. The quantitative estimate of drug-likeness (QED) is 0.187. The summed E-state index contributed by atoms with van der Waals surface area (Å²) in [6, 6.07) is 34.7. The van der Waals surface area contributed by atoms with E-state index in [0.29, 0.717) is 21.7 Å². The lowest BCUT2D eigenvalue weighted by molar-refractivity contribution is 0.306. The van der Waals surface area contributed by atoms with Crippen LogP contribution in [-0.2, 0) is 13.0 Å². The van der Waals surface area contributed by atoms with Crippen LogP contribution in [0.1, 0.15) is 40.3 Å². The molecular formula is C38H26BrFN2O2S. The molecular weight excluding hydrogens is 647 g/mol. The van der Waals surface area contributed by atoms with Crippen molar-refractivity contribution in [1.29, 1.82) is 0 Å². The van der Waals surface area contributed by atoms with Crippen molar-refractivity contribution in [3.63, 3.8) is 0 Å². The molecule has 7 heteroatoms. The van der Waals surface area contributed by atoms with Crippen LogP contribution in [0.25, 0.3) is 22.5 Å². The van der Waals surface area contributed by atoms with Crippen molar-refractivity contribution in [2.75, 3.05) is 0 Å². The molecule has 8 rings (SSSR count). The van der Waals surface area contributed by atoms with E-state index < -0.39 is 0 Å². The van der Waals surface area contributed by atoms with Crippen molar-refractivity contribution < 1.29 is 9.13 Å². The second-order valence-corrected chi connectivity index (χ2v) is 13.2. The summed E-state index contributed by atoms with van der Waals surface area (Å²) in [4.78, 5) is 20.1. The topological polar surface area (TPSA) is 43.6 Å². The molecule has 1 aliphatic heterocycles. The molecule has 0 unspecified atom stereocenters. The summed E-state index contributed by atoms with van der Waals surface area (Å²) in [5.41, 5.74) is 7.00. The number of hydrogen-bond acceptors (Lipinski definition) is 4. The minimum absolute atomic E-state index is 0.120. The molecule has 2 heterocycles. The summed E-state index contributed by atoms with van der Waals surface area (Å²) in [6.07, 6.45) is 3.59. The van der Waals surface area contributed by atoms with Gasteiger partial charge in [0.2, 0.25) is 0 Å². The van der Waals surface area contributed by atoms with E-state index in [-0.39, 0.29) is 17.4 Å². The second kappa shape index (κ2) is 11.4. The molecule has 0 spiro atoms. The lowest BCUT2D eigenvalue weighted by atomic mass is 9.83. The smallest absolute Gasteiger partial charge is 0.271 e. The Morgan fingerprint density at radius 2 is 1.69 bits per heavy atom. The summed E-state index contributed by atoms with van der Waals surface area (Å²) in [5.74, 6) is 0.395. The van der Waals surface area contributed by atoms with Gasteiger partial charge in [-0.15, -0.1) is 0 Å². The van der Waals surface area contributed by atoms with E-state index >= 15 is 0 Å². The number of nitrogens with zero attached hydrogens (tertiary/aromatic N) is 2. The Labute approximate surface area is 271 Å². The van der Waals surface area contributed by atoms with Crippen LogP contribution in [0, 0.1) is 5.82 Å². The van der Waals surface area contributed by atoms with Crippen LogP contribution in [0.15, 0.2) is 129 Å². The van der Waals surface area contributed by atoms with Crippen LogP contribution in [-0.4, -0.2) is 4.57 Å². The number of aromatic nitrogens is 1. The molecule has 45 heavy (non-hydrogen) atoms. The minimum atomic E-state index is -0.368. The Kier molecular flexibility index (Phi) is 7.07. The highest BCUT2D eigenvalue weighted by Crippen LogP contribution is 2.41. The van der Waals surface area contributed by atoms with E-state index in [0.717, 1.165) is 61.6 Å². The molecule has 0 amide bonds. The van der Waals surface area contributed by atoms with E-state index in [1.807, 2.05) is 60.7 Å². The number of allylic oxidation sites excluding steroid dienone is 1. The van der Waals surface area contributed by atoms with Crippen LogP contribution in [0.5, 0.6) is 5.75 Å². The third-order valence-corrected chi connectivity index (χ3v) is 10.1. The monoisotopic (exact) mass is 672 g/mol. The highest BCUT2D eigenvalue weighted by molar-refractivity contribution is 9.10. The lowest BCUT2D eigenvalue weighted by Gasteiger charge is -2.30. The van der Waals surface area contributed by atoms with Gasteiger partial charge in [0.05, 0.1) is 16.3 Å². The number of hydrogen-bond donors (Lipinski definition) is 0. The molecule has 6 aromatic rings. The minimum Gasteiger partial charge on any atom is -0.488 e. The Bertz CT molecular complexity index is 2320. The summed E-state index contributed by atoms with van der Waals surface area (Å²) in [6.45, 7) is 0.393. The molecule has 1 aliphatic carbocycles. The maximum Gasteiger partial charge on any atom is 0.271 e. The average molecular weight is 674 g/mol. The van der Waals surface area contributed by atoms with Crippen molar-refractivity contribution in [2.24, 2.45) is 4.99 Å². The Morgan fingerprint density at radius 3 is 2.53 bits per heavy atom. The van der Waals surface area contributed by atoms with Gasteiger partial charge in [-0.1, -0.05) is 106 Å². The Hall–Kier alpha value is -4.59. The van der Waals surface area contributed by atoms with E-state index in [2.05, 4.69) is 46.3 Å². The number of benzene rings is 5. The fourth-order valence-corrected chi connectivity index (χ4v) is 7.64. The first-order valence-corrected chi connectivity index (χ1v) is 16.4. The molecule has 1 atom stereocenters. The van der Waals surface area contributed by atoms with Crippen LogP contribution >= 0.6 is 27.3 Å². The van der Waals surface area contributed by atoms with Gasteiger partial charge in [-0.25, -0.2) is 9.38 Å². The SMILES string of the molecule is O=c1/c(=C\c2c(OCc3ccc(Br)cc3)ccc3ccccc23)sc2n1[C@H](c1ccc(F)cc1)C1=C(N=2)c2ccccc2CC1. The van der Waals surface area contributed by atoms with Crippen LogP contribution in [0.4, 0.5) is 4.39 Å². The predicted octanol–water partition coefficient (Wildman–Crippen LogP) is 7.95. The summed E-state index contributed by atoms with van der Waals surface area (Å²) in [7, 11) is 0. The van der Waals surface area contributed by atoms with Gasteiger partial charge in [0.25, 0.3) is 5.56 Å². The van der Waals surface area contributed by atoms with Gasteiger partial charge < -0.3 is 4.74 Å². The maximum absolute atomic E-state index is 14.4. The number of rotatable bonds is 5. The fraction of sp³-hybridized carbons (Fsp3) is 0.105. The highest BCUT2D eigenvalue weighted by atomic mass is 79.9. The van der Waals surface area contributed by atoms with Gasteiger partial charge in [0.1, 0.15) is 18.2 Å². The Balaban J connectivity index is 1.32. The van der Waals surface area contributed by atoms with E-state index in [4.69, 9.17) is 9.73 Å². The van der Waals surface area contributed by atoms with Crippen molar-refractivity contribution in [3.05, 3.63) is 173 Å². The van der Waals surface area contributed by atoms with Crippen molar-refractivity contribution in [2.45, 2.75) is 25.5 Å². The van der Waals surface area contributed by atoms with Gasteiger partial charge in [0, 0.05) is 15.6 Å². The molecule has 0 N–H and O–H groups in total. The van der Waals surface area contributed by atoms with Gasteiger partial charge in [0.15, 0.2) is 4.80 Å². The maximum atomic E-state index is 14.4. The molecule has 4 nitrogen and oxygen atoms in total. The van der Waals surface area contributed by atoms with Crippen molar-refractivity contribution in [3.8, 4) is 5.75 Å². The predicted molar refractivity (Wildman–Crippen MR) is 182 cm³/mol. The molecule has 0 fully saturated rings. The zero-order valence-electron chi connectivity index (χ0n) is 24.0. The molecule has 0 saturated carbocycles. The average Bonchev–Trinajstić information content (AvgIpc) is 3.38. The molecule has 0 bridgehead atoms. The van der Waals surface area contributed by atoms with Crippen LogP contribution in [0.2, 0.25) is 0 Å². The summed E-state index contributed by atoms with van der Waals surface area (Å²) < 4.78 is 23.8. The first kappa shape index (κ1) is 27.9. The molecule has 220 valence electrons. The number of fused-ring (bicyclic) bond motifs is 4. The second-order valence-electron chi connectivity index (χ2n) is 11.3. The van der Waals surface area contributed by atoms with Gasteiger partial charge in [-0.2, -0.15) is 0 Å². The largest absolute Gasteiger partial charge is 0.488 e.